The fraction of sp³-hybridized carbons (Fsp3) is 0.438. The second kappa shape index (κ2) is 7.41. The normalized spacial score (nSPS) is 10.9. The molecule has 0 unspecified atom stereocenters. The van der Waals surface area contributed by atoms with Crippen molar-refractivity contribution in [2.45, 2.75) is 50.1 Å². The molecule has 0 amide bonds. The van der Waals surface area contributed by atoms with Crippen LogP contribution in [0.2, 0.25) is 0 Å². The third-order valence-corrected chi connectivity index (χ3v) is 4.06. The molecule has 0 aromatic carbocycles. The first kappa shape index (κ1) is 15.8. The van der Waals surface area contributed by atoms with Gasteiger partial charge in [-0.15, -0.1) is 0 Å². The van der Waals surface area contributed by atoms with Crippen molar-refractivity contribution in [3.05, 3.63) is 35.8 Å². The number of nitrogens with zero attached hydrogens (tertiary/aromatic N) is 3. The van der Waals surface area contributed by atoms with E-state index >= 15 is 0 Å². The molecule has 2 aromatic rings. The molecule has 21 heavy (non-hydrogen) atoms. The molecule has 0 bridgehead atoms. The van der Waals surface area contributed by atoms with Gasteiger partial charge in [0.15, 0.2) is 0 Å². The summed E-state index contributed by atoms with van der Waals surface area (Å²) in [6.45, 7) is 9.36. The topological polar surface area (TPSA) is 50.7 Å². The fourth-order valence-electron chi connectivity index (χ4n) is 1.79. The first-order valence-corrected chi connectivity index (χ1v) is 8.14. The molecule has 2 aromatic heterocycles. The molecule has 1 N–H and O–H groups in total. The largest absolute Gasteiger partial charge is 0.370 e. The van der Waals surface area contributed by atoms with Crippen molar-refractivity contribution in [2.75, 3.05) is 11.9 Å². The number of hydrogen-bond acceptors (Lipinski definition) is 5. The zero-order chi connectivity index (χ0) is 15.2. The first-order valence-electron chi connectivity index (χ1n) is 7.33. The summed E-state index contributed by atoms with van der Waals surface area (Å²) in [5.74, 6) is 2.11. The van der Waals surface area contributed by atoms with E-state index in [1.165, 1.54) is 0 Å². The summed E-state index contributed by atoms with van der Waals surface area (Å²) in [4.78, 5) is 13.7. The molecule has 0 atom stereocenters. The molecule has 0 saturated carbocycles. The Morgan fingerprint density at radius 2 is 2.05 bits per heavy atom. The van der Waals surface area contributed by atoms with Crippen molar-refractivity contribution >= 4 is 17.6 Å². The smallest absolute Gasteiger partial charge is 0.134 e. The third-order valence-electron chi connectivity index (χ3n) is 3.02. The van der Waals surface area contributed by atoms with Gasteiger partial charge in [-0.05, 0) is 37.2 Å². The third kappa shape index (κ3) is 4.17. The van der Waals surface area contributed by atoms with E-state index in [0.29, 0.717) is 5.92 Å². The molecule has 0 aliphatic rings. The molecule has 112 valence electrons. The summed E-state index contributed by atoms with van der Waals surface area (Å²) in [6.07, 6.45) is 2.88. The van der Waals surface area contributed by atoms with E-state index in [-0.39, 0.29) is 0 Å². The van der Waals surface area contributed by atoms with Crippen LogP contribution in [0.15, 0.2) is 34.4 Å². The Labute approximate surface area is 130 Å². The number of anilines is 1. The van der Waals surface area contributed by atoms with Gasteiger partial charge in [0.2, 0.25) is 0 Å². The first-order chi connectivity index (χ1) is 10.1. The van der Waals surface area contributed by atoms with Crippen LogP contribution < -0.4 is 5.32 Å². The van der Waals surface area contributed by atoms with E-state index in [4.69, 9.17) is 4.98 Å². The van der Waals surface area contributed by atoms with Crippen LogP contribution in [-0.4, -0.2) is 21.5 Å². The van der Waals surface area contributed by atoms with Crippen molar-refractivity contribution in [2.24, 2.45) is 0 Å². The molecule has 0 fully saturated rings. The molecule has 0 radical (unpaired) electrons. The van der Waals surface area contributed by atoms with Crippen LogP contribution in [-0.2, 0) is 0 Å². The van der Waals surface area contributed by atoms with Gasteiger partial charge in [-0.3, -0.25) is 0 Å². The van der Waals surface area contributed by atoms with Gasteiger partial charge in [0, 0.05) is 24.2 Å². The highest BCUT2D eigenvalue weighted by Crippen LogP contribution is 2.31. The summed E-state index contributed by atoms with van der Waals surface area (Å²) < 4.78 is 0. The Morgan fingerprint density at radius 1 is 1.24 bits per heavy atom. The Kier molecular flexibility index (Phi) is 5.56. The fourth-order valence-corrected chi connectivity index (χ4v) is 2.64. The van der Waals surface area contributed by atoms with Crippen molar-refractivity contribution < 1.29 is 0 Å². The predicted molar refractivity (Wildman–Crippen MR) is 88.0 cm³/mol. The van der Waals surface area contributed by atoms with Gasteiger partial charge < -0.3 is 5.32 Å². The van der Waals surface area contributed by atoms with E-state index < -0.39 is 0 Å². The summed E-state index contributed by atoms with van der Waals surface area (Å²) >= 11 is 1.59. The molecule has 0 aliphatic carbocycles. The zero-order valence-electron chi connectivity index (χ0n) is 13.1. The maximum absolute atomic E-state index is 4.71. The van der Waals surface area contributed by atoms with Gasteiger partial charge in [-0.2, -0.15) is 0 Å². The van der Waals surface area contributed by atoms with Gasteiger partial charge >= 0.3 is 0 Å². The second-order valence-corrected chi connectivity index (χ2v) is 6.22. The monoisotopic (exact) mass is 302 g/mol. The maximum atomic E-state index is 4.71. The number of pyridine rings is 1. The zero-order valence-corrected chi connectivity index (χ0v) is 13.9. The standard InChI is InChI=1S/C16H22N4S/c1-5-9-18-15-12(4)16(20-14(19-15)11(2)3)21-13-8-6-7-10-17-13/h6-8,10-11H,5,9H2,1-4H3,(H,18,19,20). The highest BCUT2D eigenvalue weighted by molar-refractivity contribution is 7.99. The number of hydrogen-bond donors (Lipinski definition) is 1. The number of aromatic nitrogens is 3. The van der Waals surface area contributed by atoms with Gasteiger partial charge in [-0.25, -0.2) is 15.0 Å². The lowest BCUT2D eigenvalue weighted by atomic mass is 10.2. The molecule has 0 spiro atoms. The van der Waals surface area contributed by atoms with Crippen molar-refractivity contribution in [3.63, 3.8) is 0 Å². The lowest BCUT2D eigenvalue weighted by Gasteiger charge is -2.14. The predicted octanol–water partition coefficient (Wildman–Crippen LogP) is 4.28. The Bertz CT molecular complexity index is 584. The minimum Gasteiger partial charge on any atom is -0.370 e. The van der Waals surface area contributed by atoms with E-state index in [2.05, 4.69) is 43.0 Å². The quantitative estimate of drug-likeness (QED) is 0.807. The highest BCUT2D eigenvalue weighted by Gasteiger charge is 2.14. The van der Waals surface area contributed by atoms with Crippen molar-refractivity contribution in [3.8, 4) is 0 Å². The van der Waals surface area contributed by atoms with Crippen LogP contribution >= 0.6 is 11.8 Å². The summed E-state index contributed by atoms with van der Waals surface area (Å²) in [5.41, 5.74) is 1.09. The second-order valence-electron chi connectivity index (χ2n) is 5.21. The highest BCUT2D eigenvalue weighted by atomic mass is 32.2. The van der Waals surface area contributed by atoms with Crippen molar-refractivity contribution in [1.82, 2.24) is 15.0 Å². The SMILES string of the molecule is CCCNc1nc(C(C)C)nc(Sc2ccccn2)c1C. The van der Waals surface area contributed by atoms with E-state index in [1.807, 2.05) is 18.2 Å². The molecule has 2 rings (SSSR count). The molecule has 0 aliphatic heterocycles. The minimum absolute atomic E-state index is 0.302. The van der Waals surface area contributed by atoms with Gasteiger partial charge in [0.25, 0.3) is 0 Å². The lowest BCUT2D eigenvalue weighted by molar-refractivity contribution is 0.747. The molecule has 5 heteroatoms. The van der Waals surface area contributed by atoms with Crippen LogP contribution in [0.1, 0.15) is 44.5 Å². The molecular weight excluding hydrogens is 280 g/mol. The number of nitrogens with one attached hydrogen (secondary N) is 1. The van der Waals surface area contributed by atoms with Gasteiger partial charge in [0.1, 0.15) is 21.7 Å². The lowest BCUT2D eigenvalue weighted by Crippen LogP contribution is -2.09. The van der Waals surface area contributed by atoms with Crippen LogP contribution in [0.4, 0.5) is 5.82 Å². The van der Waals surface area contributed by atoms with Crippen LogP contribution in [0.3, 0.4) is 0 Å². The number of rotatable bonds is 6. The average Bonchev–Trinajstić information content (AvgIpc) is 2.49. The van der Waals surface area contributed by atoms with Crippen molar-refractivity contribution in [1.29, 1.82) is 0 Å². The Balaban J connectivity index is 2.36. The van der Waals surface area contributed by atoms with Gasteiger partial charge in [0.05, 0.1) is 0 Å². The maximum Gasteiger partial charge on any atom is 0.134 e. The van der Waals surface area contributed by atoms with E-state index in [0.717, 1.165) is 40.2 Å². The van der Waals surface area contributed by atoms with Crippen LogP contribution in [0, 0.1) is 6.92 Å². The Morgan fingerprint density at radius 3 is 2.67 bits per heavy atom. The van der Waals surface area contributed by atoms with Gasteiger partial charge in [-0.1, -0.05) is 26.8 Å². The summed E-state index contributed by atoms with van der Waals surface area (Å²) in [7, 11) is 0. The van der Waals surface area contributed by atoms with Crippen LogP contribution in [0.25, 0.3) is 0 Å². The molecule has 0 saturated heterocycles. The summed E-state index contributed by atoms with van der Waals surface area (Å²) in [6, 6.07) is 5.91. The summed E-state index contributed by atoms with van der Waals surface area (Å²) in [5, 5.41) is 5.33. The molecule has 2 heterocycles. The van der Waals surface area contributed by atoms with Crippen LogP contribution in [0.5, 0.6) is 0 Å². The molecular formula is C16H22N4S. The van der Waals surface area contributed by atoms with E-state index in [1.54, 1.807) is 18.0 Å². The van der Waals surface area contributed by atoms with E-state index in [9.17, 15) is 0 Å². The molecule has 4 nitrogen and oxygen atoms in total. The average molecular weight is 302 g/mol. The minimum atomic E-state index is 0.302. The Hall–Kier alpha value is -1.62.